The molecule has 0 bridgehead atoms. The lowest BCUT2D eigenvalue weighted by Crippen LogP contribution is -2.47. The van der Waals surface area contributed by atoms with E-state index in [1.165, 1.54) is 6.20 Å². The number of anilines is 1. The molecular weight excluding hydrogens is 482 g/mol. The summed E-state index contributed by atoms with van der Waals surface area (Å²) in [5.74, 6) is 0.706. The van der Waals surface area contributed by atoms with Gasteiger partial charge in [-0.1, -0.05) is 18.2 Å². The van der Waals surface area contributed by atoms with Crippen LogP contribution in [0.4, 0.5) is 5.69 Å². The lowest BCUT2D eigenvalue weighted by atomic mass is 9.92. The molecule has 0 aliphatic carbocycles. The van der Waals surface area contributed by atoms with Crippen LogP contribution < -0.4 is 20.1 Å². The van der Waals surface area contributed by atoms with Crippen molar-refractivity contribution in [1.29, 1.82) is 0 Å². The Morgan fingerprint density at radius 2 is 1.75 bits per heavy atom. The van der Waals surface area contributed by atoms with Crippen LogP contribution in [-0.4, -0.2) is 39.1 Å². The zero-order valence-corrected chi connectivity index (χ0v) is 20.2. The summed E-state index contributed by atoms with van der Waals surface area (Å²) in [6.45, 7) is 0. The van der Waals surface area contributed by atoms with Crippen LogP contribution in [-0.2, 0) is 14.8 Å². The van der Waals surface area contributed by atoms with Gasteiger partial charge in [-0.05, 0) is 64.4 Å². The van der Waals surface area contributed by atoms with E-state index >= 15 is 0 Å². The summed E-state index contributed by atoms with van der Waals surface area (Å²) >= 11 is 0. The molecule has 4 N–H and O–H groups in total. The minimum absolute atomic E-state index is 0.342. The third kappa shape index (κ3) is 4.64. The maximum Gasteiger partial charge on any atom is 0.256 e. The summed E-state index contributed by atoms with van der Waals surface area (Å²) in [6.07, 6.45) is 2.97. The van der Waals surface area contributed by atoms with Crippen molar-refractivity contribution in [1.82, 2.24) is 10.6 Å². The number of rotatable bonds is 6. The lowest BCUT2D eigenvalue weighted by Gasteiger charge is -2.22. The molecule has 36 heavy (non-hydrogen) atoms. The van der Waals surface area contributed by atoms with Crippen molar-refractivity contribution in [2.75, 3.05) is 18.1 Å². The predicted octanol–water partition coefficient (Wildman–Crippen LogP) is 3.48. The molecule has 1 aliphatic rings. The second kappa shape index (κ2) is 9.06. The van der Waals surface area contributed by atoms with Crippen LogP contribution in [0.1, 0.15) is 5.56 Å². The number of amides is 1. The van der Waals surface area contributed by atoms with Crippen LogP contribution in [0.3, 0.4) is 0 Å². The number of carbonyl (C=O) groups excluding carboxylic acids is 1. The second-order valence-corrected chi connectivity index (χ2v) is 10.1. The SMILES string of the molecule is COc1c(-c2ccc3cc(NS(C)(=O)=O)ccc3c2)cc(C2=CNC(O)NC2=O)cc1-c1ccco1. The Kier molecular flexibility index (Phi) is 5.91. The molecule has 4 aromatic rings. The molecule has 0 radical (unpaired) electrons. The zero-order valence-electron chi connectivity index (χ0n) is 19.4. The van der Waals surface area contributed by atoms with Crippen molar-refractivity contribution in [3.05, 3.63) is 78.7 Å². The van der Waals surface area contributed by atoms with E-state index in [9.17, 15) is 18.3 Å². The largest absolute Gasteiger partial charge is 0.495 e. The van der Waals surface area contributed by atoms with Crippen molar-refractivity contribution in [2.45, 2.75) is 6.35 Å². The summed E-state index contributed by atoms with van der Waals surface area (Å²) in [7, 11) is -1.82. The fourth-order valence-electron chi connectivity index (χ4n) is 4.21. The number of aliphatic hydroxyl groups is 1. The van der Waals surface area contributed by atoms with E-state index in [1.807, 2.05) is 30.3 Å². The number of sulfonamides is 1. The van der Waals surface area contributed by atoms with Gasteiger partial charge < -0.3 is 24.9 Å². The molecule has 0 saturated carbocycles. The molecule has 9 nitrogen and oxygen atoms in total. The molecule has 1 aromatic heterocycles. The van der Waals surface area contributed by atoms with E-state index in [0.29, 0.717) is 33.9 Å². The van der Waals surface area contributed by atoms with E-state index in [4.69, 9.17) is 9.15 Å². The number of nitrogens with one attached hydrogen (secondary N) is 3. The summed E-state index contributed by atoms with van der Waals surface area (Å²) in [5, 5.41) is 16.6. The van der Waals surface area contributed by atoms with Gasteiger partial charge in [-0.25, -0.2) is 8.42 Å². The number of carbonyl (C=O) groups is 1. The Bertz CT molecular complexity index is 1610. The minimum Gasteiger partial charge on any atom is -0.495 e. The van der Waals surface area contributed by atoms with E-state index < -0.39 is 22.3 Å². The number of ether oxygens (including phenoxy) is 1. The van der Waals surface area contributed by atoms with E-state index in [1.54, 1.807) is 43.7 Å². The highest BCUT2D eigenvalue weighted by Crippen LogP contribution is 2.42. The first-order valence-corrected chi connectivity index (χ1v) is 12.8. The van der Waals surface area contributed by atoms with Gasteiger partial charge in [-0.2, -0.15) is 0 Å². The highest BCUT2D eigenvalue weighted by atomic mass is 32.2. The fraction of sp³-hybridized carbons (Fsp3) is 0.115. The minimum atomic E-state index is -3.39. The molecule has 1 atom stereocenters. The molecule has 1 amide bonds. The first-order chi connectivity index (χ1) is 17.2. The normalized spacial score (nSPS) is 15.7. The van der Waals surface area contributed by atoms with Gasteiger partial charge in [0.25, 0.3) is 5.91 Å². The van der Waals surface area contributed by atoms with Gasteiger partial charge in [0.1, 0.15) is 11.5 Å². The van der Waals surface area contributed by atoms with E-state index in [-0.39, 0.29) is 0 Å². The zero-order chi connectivity index (χ0) is 25.4. The monoisotopic (exact) mass is 505 g/mol. The Balaban J connectivity index is 1.68. The molecule has 0 saturated heterocycles. The van der Waals surface area contributed by atoms with Crippen LogP contribution in [0.15, 0.2) is 77.5 Å². The highest BCUT2D eigenvalue weighted by molar-refractivity contribution is 7.92. The first-order valence-electron chi connectivity index (χ1n) is 11.0. The van der Waals surface area contributed by atoms with Crippen molar-refractivity contribution >= 4 is 38.0 Å². The average Bonchev–Trinajstić information content (AvgIpc) is 3.37. The van der Waals surface area contributed by atoms with Crippen LogP contribution in [0.5, 0.6) is 5.75 Å². The van der Waals surface area contributed by atoms with Gasteiger partial charge in [0.05, 0.1) is 30.8 Å². The first kappa shape index (κ1) is 23.5. The van der Waals surface area contributed by atoms with Gasteiger partial charge in [0, 0.05) is 17.5 Å². The fourth-order valence-corrected chi connectivity index (χ4v) is 4.77. The van der Waals surface area contributed by atoms with E-state index in [2.05, 4.69) is 15.4 Å². The molecule has 1 unspecified atom stereocenters. The Labute approximate surface area is 207 Å². The van der Waals surface area contributed by atoms with Gasteiger partial charge in [-0.15, -0.1) is 0 Å². The molecule has 0 fully saturated rings. The highest BCUT2D eigenvalue weighted by Gasteiger charge is 2.24. The van der Waals surface area contributed by atoms with Crippen molar-refractivity contribution in [2.24, 2.45) is 0 Å². The number of fused-ring (bicyclic) bond motifs is 1. The topological polar surface area (TPSA) is 130 Å². The molecule has 0 spiro atoms. The third-order valence-electron chi connectivity index (χ3n) is 5.74. The average molecular weight is 506 g/mol. The van der Waals surface area contributed by atoms with Gasteiger partial charge in [0.2, 0.25) is 16.4 Å². The van der Waals surface area contributed by atoms with Crippen LogP contribution in [0.25, 0.3) is 38.8 Å². The second-order valence-electron chi connectivity index (χ2n) is 8.33. The molecule has 5 rings (SSSR count). The van der Waals surface area contributed by atoms with Crippen LogP contribution >= 0.6 is 0 Å². The summed E-state index contributed by atoms with van der Waals surface area (Å²) in [5.41, 5.74) is 3.62. The number of hydrogen-bond acceptors (Lipinski definition) is 7. The summed E-state index contributed by atoms with van der Waals surface area (Å²) in [6, 6.07) is 18.3. The maximum atomic E-state index is 12.6. The van der Waals surface area contributed by atoms with Gasteiger partial charge in [0.15, 0.2) is 0 Å². The standard InChI is InChI=1S/C26H23N3O6S/c1-34-24-20(17-6-5-16-11-19(29-36(2,32)33)8-7-15(16)10-17)12-18(13-21(24)23-4-3-9-35-23)22-14-27-26(31)28-25(22)30/h3-14,26-27,29,31H,1-2H3,(H,28,30). The summed E-state index contributed by atoms with van der Waals surface area (Å²) < 4.78 is 37.1. The molecule has 1 aliphatic heterocycles. The number of hydrogen-bond donors (Lipinski definition) is 4. The van der Waals surface area contributed by atoms with Crippen LogP contribution in [0, 0.1) is 0 Å². The molecule has 10 heteroatoms. The number of aliphatic hydroxyl groups excluding tert-OH is 1. The number of methoxy groups -OCH3 is 1. The molecule has 184 valence electrons. The Morgan fingerprint density at radius 3 is 2.44 bits per heavy atom. The van der Waals surface area contributed by atoms with Crippen molar-refractivity contribution in [3.8, 4) is 28.2 Å². The van der Waals surface area contributed by atoms with Crippen LogP contribution in [0.2, 0.25) is 0 Å². The number of furan rings is 1. The van der Waals surface area contributed by atoms with Crippen molar-refractivity contribution < 1.29 is 27.5 Å². The molecule has 2 heterocycles. The van der Waals surface area contributed by atoms with Crippen molar-refractivity contribution in [3.63, 3.8) is 0 Å². The quantitative estimate of drug-likeness (QED) is 0.316. The third-order valence-corrected chi connectivity index (χ3v) is 6.35. The maximum absolute atomic E-state index is 12.6. The smallest absolute Gasteiger partial charge is 0.256 e. The summed E-state index contributed by atoms with van der Waals surface area (Å²) in [4.78, 5) is 12.6. The van der Waals surface area contributed by atoms with Gasteiger partial charge >= 0.3 is 0 Å². The Morgan fingerprint density at radius 1 is 1.00 bits per heavy atom. The predicted molar refractivity (Wildman–Crippen MR) is 137 cm³/mol. The number of benzene rings is 3. The van der Waals surface area contributed by atoms with E-state index in [0.717, 1.165) is 28.2 Å². The Hall–Kier alpha value is -4.28. The molecular formula is C26H23N3O6S. The molecule has 3 aromatic carbocycles. The van der Waals surface area contributed by atoms with Gasteiger partial charge in [-0.3, -0.25) is 9.52 Å². The lowest BCUT2D eigenvalue weighted by molar-refractivity contribution is -0.119.